The number of rotatable bonds is 4. The highest BCUT2D eigenvalue weighted by molar-refractivity contribution is 6.31. The Hall–Kier alpha value is -2.06. The quantitative estimate of drug-likeness (QED) is 0.373. The molecule has 2 aliphatic heterocycles. The fraction of sp³-hybridized carbons (Fsp3) is 0.333. The van der Waals surface area contributed by atoms with Crippen LogP contribution >= 0.6 is 23.2 Å². The van der Waals surface area contributed by atoms with Crippen molar-refractivity contribution >= 4 is 34.6 Å². The first-order valence-corrected chi connectivity index (χ1v) is 11.7. The minimum Gasteiger partial charge on any atom is -0.361 e. The minimum absolute atomic E-state index is 0.313. The van der Waals surface area contributed by atoms with Gasteiger partial charge in [0.25, 0.3) is 0 Å². The highest BCUT2D eigenvalue weighted by Gasteiger charge is 2.36. The first-order chi connectivity index (χ1) is 15.3. The van der Waals surface area contributed by atoms with Crippen LogP contribution in [0.25, 0.3) is 0 Å². The summed E-state index contributed by atoms with van der Waals surface area (Å²) in [5.41, 5.74) is 16.0. The van der Waals surface area contributed by atoms with Crippen LogP contribution in [0, 0.1) is 0 Å². The largest absolute Gasteiger partial charge is 0.361 e. The van der Waals surface area contributed by atoms with Crippen LogP contribution in [-0.4, -0.2) is 12.1 Å². The molecule has 2 atom stereocenters. The summed E-state index contributed by atoms with van der Waals surface area (Å²) in [7, 11) is 0. The molecule has 2 aromatic rings. The Balaban J connectivity index is 1.24. The molecule has 0 aromatic heterocycles. The Labute approximate surface area is 198 Å². The number of halogens is 2. The summed E-state index contributed by atoms with van der Waals surface area (Å²) in [5.74, 6) is 0. The van der Waals surface area contributed by atoms with E-state index in [2.05, 4.69) is 21.3 Å². The molecule has 168 valence electrons. The zero-order valence-corrected chi connectivity index (χ0v) is 19.2. The Morgan fingerprint density at radius 2 is 1.12 bits per heavy atom. The predicted octanol–water partition coefficient (Wildman–Crippen LogP) is 4.29. The van der Waals surface area contributed by atoms with Gasteiger partial charge in [-0.15, -0.1) is 0 Å². The molecular formula is C24H28Cl2N6. The van der Waals surface area contributed by atoms with Crippen molar-refractivity contribution in [1.29, 1.82) is 0 Å². The molecule has 1 fully saturated rings. The minimum atomic E-state index is -0.721. The fourth-order valence-electron chi connectivity index (χ4n) is 5.01. The van der Waals surface area contributed by atoms with E-state index >= 15 is 0 Å². The van der Waals surface area contributed by atoms with Gasteiger partial charge in [-0.2, -0.15) is 0 Å². The molecule has 5 rings (SSSR count). The summed E-state index contributed by atoms with van der Waals surface area (Å²) in [5, 5.41) is 15.2. The molecule has 3 aliphatic rings. The summed E-state index contributed by atoms with van der Waals surface area (Å²) in [6.07, 6.45) is 11.7. The standard InChI is InChI=1S/C24H28Cl2N6/c25-15-1-7-19-21(13-15)29-11-9-23(19,27)31-17-3-5-18(6-4-17)32-24(28)10-12-30-22-14-16(26)2-8-20(22)24/h1-2,7-14,17-18,29-32H,3-6,27-28H2/t17-,18+,23?,24?. The SMILES string of the molecule is NC1(N[C@H]2CC[C@@H](NC3(N)C=CNc4cc(Cl)ccc43)CC2)C=CNc2cc(Cl)ccc21. The summed E-state index contributed by atoms with van der Waals surface area (Å²) in [6.45, 7) is 0. The van der Waals surface area contributed by atoms with E-state index in [1.54, 1.807) is 0 Å². The maximum Gasteiger partial charge on any atom is 0.116 e. The average molecular weight is 471 g/mol. The van der Waals surface area contributed by atoms with Crippen LogP contribution in [0.15, 0.2) is 61.0 Å². The lowest BCUT2D eigenvalue weighted by Crippen LogP contribution is -2.58. The summed E-state index contributed by atoms with van der Waals surface area (Å²) >= 11 is 12.3. The first kappa shape index (κ1) is 21.8. The van der Waals surface area contributed by atoms with Crippen LogP contribution in [0.1, 0.15) is 36.8 Å². The third-order valence-corrected chi connectivity index (χ3v) is 7.11. The molecule has 0 radical (unpaired) electrons. The summed E-state index contributed by atoms with van der Waals surface area (Å²) in [6, 6.07) is 12.2. The van der Waals surface area contributed by atoms with Gasteiger partial charge in [-0.1, -0.05) is 35.3 Å². The van der Waals surface area contributed by atoms with E-state index < -0.39 is 11.3 Å². The van der Waals surface area contributed by atoms with Gasteiger partial charge in [0.2, 0.25) is 0 Å². The Bertz CT molecular complexity index is 993. The Kier molecular flexibility index (Phi) is 5.70. The third-order valence-electron chi connectivity index (χ3n) is 6.64. The monoisotopic (exact) mass is 470 g/mol. The second kappa shape index (κ2) is 8.37. The fourth-order valence-corrected chi connectivity index (χ4v) is 5.35. The molecule has 2 heterocycles. The molecule has 2 unspecified atom stereocenters. The van der Waals surface area contributed by atoms with Crippen LogP contribution in [0.3, 0.4) is 0 Å². The number of fused-ring (bicyclic) bond motifs is 2. The van der Waals surface area contributed by atoms with Crippen molar-refractivity contribution < 1.29 is 0 Å². The van der Waals surface area contributed by atoms with Gasteiger partial charge in [-0.3, -0.25) is 10.6 Å². The Morgan fingerprint density at radius 1 is 0.719 bits per heavy atom. The normalized spacial score (nSPS) is 30.8. The van der Waals surface area contributed by atoms with E-state index in [0.29, 0.717) is 22.1 Å². The molecule has 8 N–H and O–H groups in total. The number of nitrogens with one attached hydrogen (secondary N) is 4. The van der Waals surface area contributed by atoms with Gasteiger partial charge >= 0.3 is 0 Å². The van der Waals surface area contributed by atoms with Crippen LogP contribution in [0.2, 0.25) is 10.0 Å². The lowest BCUT2D eigenvalue weighted by atomic mass is 9.86. The van der Waals surface area contributed by atoms with Crippen LogP contribution < -0.4 is 32.7 Å². The maximum atomic E-state index is 6.78. The Morgan fingerprint density at radius 3 is 1.53 bits per heavy atom. The number of benzene rings is 2. The molecule has 0 spiro atoms. The van der Waals surface area contributed by atoms with Gasteiger partial charge in [0.05, 0.1) is 0 Å². The van der Waals surface area contributed by atoms with Crippen molar-refractivity contribution in [3.05, 3.63) is 82.1 Å². The second-order valence-corrected chi connectivity index (χ2v) is 9.78. The topological polar surface area (TPSA) is 100 Å². The molecule has 32 heavy (non-hydrogen) atoms. The average Bonchev–Trinajstić information content (AvgIpc) is 2.75. The molecule has 0 bridgehead atoms. The number of nitrogens with two attached hydrogens (primary N) is 2. The van der Waals surface area contributed by atoms with E-state index in [0.717, 1.165) is 48.2 Å². The van der Waals surface area contributed by atoms with Crippen molar-refractivity contribution in [2.45, 2.75) is 49.1 Å². The van der Waals surface area contributed by atoms with Gasteiger partial charge in [0.15, 0.2) is 0 Å². The van der Waals surface area contributed by atoms with Crippen molar-refractivity contribution in [3.8, 4) is 0 Å². The third kappa shape index (κ3) is 4.15. The number of anilines is 2. The van der Waals surface area contributed by atoms with Gasteiger partial charge in [-0.05, 0) is 62.1 Å². The van der Waals surface area contributed by atoms with E-state index in [-0.39, 0.29) is 0 Å². The zero-order valence-electron chi connectivity index (χ0n) is 17.7. The van der Waals surface area contributed by atoms with Crippen molar-refractivity contribution in [3.63, 3.8) is 0 Å². The molecule has 8 heteroatoms. The van der Waals surface area contributed by atoms with Crippen molar-refractivity contribution in [2.24, 2.45) is 11.5 Å². The zero-order chi connectivity index (χ0) is 22.3. The molecule has 6 nitrogen and oxygen atoms in total. The van der Waals surface area contributed by atoms with Gasteiger partial charge < -0.3 is 22.1 Å². The van der Waals surface area contributed by atoms with Crippen molar-refractivity contribution in [1.82, 2.24) is 10.6 Å². The van der Waals surface area contributed by atoms with E-state index in [1.165, 1.54) is 0 Å². The van der Waals surface area contributed by atoms with Gasteiger partial charge in [0, 0.05) is 57.0 Å². The van der Waals surface area contributed by atoms with Crippen LogP contribution in [-0.2, 0) is 11.3 Å². The predicted molar refractivity (Wildman–Crippen MR) is 132 cm³/mol. The van der Waals surface area contributed by atoms with Crippen molar-refractivity contribution in [2.75, 3.05) is 10.6 Å². The second-order valence-electron chi connectivity index (χ2n) is 8.91. The maximum absolute atomic E-state index is 6.78. The lowest BCUT2D eigenvalue weighted by Gasteiger charge is -2.41. The molecule has 2 aromatic carbocycles. The molecule has 1 aliphatic carbocycles. The van der Waals surface area contributed by atoms with Crippen LogP contribution in [0.5, 0.6) is 0 Å². The highest BCUT2D eigenvalue weighted by atomic mass is 35.5. The van der Waals surface area contributed by atoms with E-state index in [9.17, 15) is 0 Å². The molecule has 0 amide bonds. The van der Waals surface area contributed by atoms with E-state index in [1.807, 2.05) is 61.0 Å². The number of hydrogen-bond donors (Lipinski definition) is 6. The summed E-state index contributed by atoms with van der Waals surface area (Å²) < 4.78 is 0. The van der Waals surface area contributed by atoms with Gasteiger partial charge in [-0.25, -0.2) is 0 Å². The molecule has 0 saturated heterocycles. The van der Waals surface area contributed by atoms with Crippen LogP contribution in [0.4, 0.5) is 11.4 Å². The first-order valence-electron chi connectivity index (χ1n) is 11.0. The van der Waals surface area contributed by atoms with E-state index in [4.69, 9.17) is 34.7 Å². The summed E-state index contributed by atoms with van der Waals surface area (Å²) in [4.78, 5) is 0. The number of hydrogen-bond acceptors (Lipinski definition) is 6. The highest BCUT2D eigenvalue weighted by Crippen LogP contribution is 2.35. The lowest BCUT2D eigenvalue weighted by molar-refractivity contribution is 0.235. The smallest absolute Gasteiger partial charge is 0.116 e. The molecule has 1 saturated carbocycles. The molecular weight excluding hydrogens is 443 g/mol. The van der Waals surface area contributed by atoms with Gasteiger partial charge in [0.1, 0.15) is 11.3 Å².